The maximum absolute atomic E-state index is 12.5. The first-order chi connectivity index (χ1) is 8.94. The van der Waals surface area contributed by atoms with Crippen molar-refractivity contribution in [3.8, 4) is 0 Å². The van der Waals surface area contributed by atoms with E-state index in [9.17, 15) is 18.0 Å². The second-order valence-corrected chi connectivity index (χ2v) is 8.41. The maximum Gasteiger partial charge on any atom is 0.248 e. The summed E-state index contributed by atoms with van der Waals surface area (Å²) in [6.07, 6.45) is 1.99. The Kier molecular flexibility index (Phi) is 4.53. The van der Waals surface area contributed by atoms with Crippen LogP contribution < -0.4 is 5.32 Å². The van der Waals surface area contributed by atoms with Crippen LogP contribution in [0.15, 0.2) is 0 Å². The van der Waals surface area contributed by atoms with E-state index in [0.717, 1.165) is 0 Å². The Hall–Kier alpha value is -1.11. The first-order valence-corrected chi connectivity index (χ1v) is 8.82. The molecule has 0 aromatic heterocycles. The normalized spacial score (nSPS) is 26.6. The van der Waals surface area contributed by atoms with Crippen LogP contribution in [0.2, 0.25) is 0 Å². The summed E-state index contributed by atoms with van der Waals surface area (Å²) in [5, 5.41) is 2.74. The van der Waals surface area contributed by atoms with Crippen molar-refractivity contribution in [3.63, 3.8) is 0 Å². The van der Waals surface area contributed by atoms with E-state index in [2.05, 4.69) is 5.32 Å². The average Bonchev–Trinajstić information content (AvgIpc) is 2.29. The molecule has 1 rings (SSSR count). The van der Waals surface area contributed by atoms with Crippen molar-refractivity contribution in [2.75, 3.05) is 18.6 Å². The summed E-state index contributed by atoms with van der Waals surface area (Å²) >= 11 is 0. The molecule has 116 valence electrons. The molecule has 2 amide bonds. The van der Waals surface area contributed by atoms with Crippen molar-refractivity contribution >= 4 is 21.7 Å². The summed E-state index contributed by atoms with van der Waals surface area (Å²) in [4.78, 5) is 26.3. The van der Waals surface area contributed by atoms with Crippen LogP contribution in [0.1, 0.15) is 40.5 Å². The second-order valence-electron chi connectivity index (χ2n) is 6.15. The highest BCUT2D eigenvalue weighted by atomic mass is 32.2. The van der Waals surface area contributed by atoms with Gasteiger partial charge in [0.15, 0.2) is 0 Å². The third kappa shape index (κ3) is 3.31. The Labute approximate surface area is 120 Å². The summed E-state index contributed by atoms with van der Waals surface area (Å²) < 4.78 is 22.4. The number of amides is 2. The van der Waals surface area contributed by atoms with Gasteiger partial charge in [0.2, 0.25) is 11.8 Å². The number of piperazine rings is 1. The van der Waals surface area contributed by atoms with Gasteiger partial charge >= 0.3 is 0 Å². The fourth-order valence-electron chi connectivity index (χ4n) is 2.34. The van der Waals surface area contributed by atoms with Gasteiger partial charge in [-0.05, 0) is 33.6 Å². The molecule has 0 aromatic carbocycles. The Morgan fingerprint density at radius 3 is 2.20 bits per heavy atom. The van der Waals surface area contributed by atoms with Crippen molar-refractivity contribution in [2.24, 2.45) is 0 Å². The average molecular weight is 304 g/mol. The molecule has 1 N–H and O–H groups in total. The molecule has 0 bridgehead atoms. The first kappa shape index (κ1) is 16.9. The SMILES string of the molecule is CCC1(C)C(=O)NC(C)(C)C(=O)N1CCCS(C)(=O)=O. The molecule has 0 saturated carbocycles. The predicted octanol–water partition coefficient (Wildman–Crippen LogP) is 0.327. The van der Waals surface area contributed by atoms with Crippen LogP contribution in [0.3, 0.4) is 0 Å². The van der Waals surface area contributed by atoms with Gasteiger partial charge in [-0.3, -0.25) is 9.59 Å². The lowest BCUT2D eigenvalue weighted by molar-refractivity contribution is -0.160. The topological polar surface area (TPSA) is 83.6 Å². The van der Waals surface area contributed by atoms with Crippen LogP contribution >= 0.6 is 0 Å². The van der Waals surface area contributed by atoms with Crippen molar-refractivity contribution in [3.05, 3.63) is 0 Å². The van der Waals surface area contributed by atoms with E-state index >= 15 is 0 Å². The van der Waals surface area contributed by atoms with E-state index in [1.165, 1.54) is 11.2 Å². The predicted molar refractivity (Wildman–Crippen MR) is 77.0 cm³/mol. The Morgan fingerprint density at radius 2 is 1.75 bits per heavy atom. The largest absolute Gasteiger partial charge is 0.340 e. The number of sulfone groups is 1. The van der Waals surface area contributed by atoms with Crippen LogP contribution in [0.25, 0.3) is 0 Å². The number of carbonyl (C=O) groups excluding carboxylic acids is 2. The van der Waals surface area contributed by atoms with Gasteiger partial charge in [0, 0.05) is 12.8 Å². The molecule has 20 heavy (non-hydrogen) atoms. The molecule has 7 heteroatoms. The molecule has 0 spiro atoms. The number of hydrogen-bond donors (Lipinski definition) is 1. The molecule has 6 nitrogen and oxygen atoms in total. The van der Waals surface area contributed by atoms with Gasteiger partial charge in [0.1, 0.15) is 20.9 Å². The van der Waals surface area contributed by atoms with Crippen LogP contribution in [-0.4, -0.2) is 54.8 Å². The Morgan fingerprint density at radius 1 is 1.20 bits per heavy atom. The Bertz CT molecular complexity index is 512. The van der Waals surface area contributed by atoms with E-state index in [1.807, 2.05) is 6.92 Å². The zero-order valence-electron chi connectivity index (χ0n) is 12.8. The molecule has 1 aliphatic rings. The zero-order valence-corrected chi connectivity index (χ0v) is 13.6. The van der Waals surface area contributed by atoms with E-state index in [1.54, 1.807) is 20.8 Å². The number of carbonyl (C=O) groups is 2. The first-order valence-electron chi connectivity index (χ1n) is 6.76. The highest BCUT2D eigenvalue weighted by molar-refractivity contribution is 7.90. The minimum Gasteiger partial charge on any atom is -0.340 e. The third-order valence-corrected chi connectivity index (χ3v) is 4.91. The zero-order chi connectivity index (χ0) is 15.8. The van der Waals surface area contributed by atoms with Gasteiger partial charge in [-0.1, -0.05) is 6.92 Å². The molecule has 0 radical (unpaired) electrons. The van der Waals surface area contributed by atoms with Gasteiger partial charge in [0.05, 0.1) is 5.75 Å². The minimum atomic E-state index is -3.07. The molecule has 1 atom stereocenters. The molecule has 1 saturated heterocycles. The van der Waals surface area contributed by atoms with Crippen LogP contribution in [0.5, 0.6) is 0 Å². The lowest BCUT2D eigenvalue weighted by Gasteiger charge is -2.49. The number of hydrogen-bond acceptors (Lipinski definition) is 4. The van der Waals surface area contributed by atoms with E-state index in [-0.39, 0.29) is 24.1 Å². The second kappa shape index (κ2) is 5.35. The van der Waals surface area contributed by atoms with Gasteiger partial charge < -0.3 is 10.2 Å². The lowest BCUT2D eigenvalue weighted by Crippen LogP contribution is -2.73. The molecule has 0 aliphatic carbocycles. The van der Waals surface area contributed by atoms with Crippen molar-refractivity contribution in [2.45, 2.75) is 51.6 Å². The standard InChI is InChI=1S/C13H24N2O4S/c1-6-13(4)10(16)14-12(2,3)11(17)15(13)8-7-9-20(5,18)19/h6-9H2,1-5H3,(H,14,16). The maximum atomic E-state index is 12.5. The van der Waals surface area contributed by atoms with Crippen molar-refractivity contribution in [1.29, 1.82) is 0 Å². The summed E-state index contributed by atoms with van der Waals surface area (Å²) in [6.45, 7) is 7.15. The fourth-order valence-corrected chi connectivity index (χ4v) is 2.99. The van der Waals surface area contributed by atoms with Crippen molar-refractivity contribution in [1.82, 2.24) is 10.2 Å². The van der Waals surface area contributed by atoms with Crippen LogP contribution in [-0.2, 0) is 19.4 Å². The van der Waals surface area contributed by atoms with Crippen molar-refractivity contribution < 1.29 is 18.0 Å². The van der Waals surface area contributed by atoms with Crippen LogP contribution in [0.4, 0.5) is 0 Å². The van der Waals surface area contributed by atoms with E-state index < -0.39 is 20.9 Å². The van der Waals surface area contributed by atoms with E-state index in [0.29, 0.717) is 12.8 Å². The lowest BCUT2D eigenvalue weighted by atomic mass is 9.86. The quantitative estimate of drug-likeness (QED) is 0.793. The smallest absolute Gasteiger partial charge is 0.248 e. The number of nitrogens with zero attached hydrogens (tertiary/aromatic N) is 1. The van der Waals surface area contributed by atoms with Crippen LogP contribution in [0, 0.1) is 0 Å². The van der Waals surface area contributed by atoms with E-state index in [4.69, 9.17) is 0 Å². The highest BCUT2D eigenvalue weighted by Gasteiger charge is 2.51. The molecule has 0 aromatic rings. The third-order valence-electron chi connectivity index (χ3n) is 3.88. The molecular weight excluding hydrogens is 280 g/mol. The number of rotatable bonds is 5. The summed E-state index contributed by atoms with van der Waals surface area (Å²) in [5.74, 6) is -0.350. The van der Waals surface area contributed by atoms with Gasteiger partial charge in [-0.15, -0.1) is 0 Å². The molecule has 1 aliphatic heterocycles. The van der Waals surface area contributed by atoms with Gasteiger partial charge in [0.25, 0.3) is 0 Å². The summed E-state index contributed by atoms with van der Waals surface area (Å²) in [6, 6.07) is 0. The fraction of sp³-hybridized carbons (Fsp3) is 0.846. The monoisotopic (exact) mass is 304 g/mol. The molecule has 1 unspecified atom stereocenters. The summed E-state index contributed by atoms with van der Waals surface area (Å²) in [5.41, 5.74) is -1.86. The summed E-state index contributed by atoms with van der Waals surface area (Å²) in [7, 11) is -3.07. The highest BCUT2D eigenvalue weighted by Crippen LogP contribution is 2.29. The molecule has 1 fully saturated rings. The van der Waals surface area contributed by atoms with Gasteiger partial charge in [-0.2, -0.15) is 0 Å². The molecule has 1 heterocycles. The number of nitrogens with one attached hydrogen (secondary N) is 1. The Balaban J connectivity index is 2.96. The molecular formula is C13H24N2O4S. The minimum absolute atomic E-state index is 0.0125. The van der Waals surface area contributed by atoms with Gasteiger partial charge in [-0.25, -0.2) is 8.42 Å².